The number of hydrogen-bond donors (Lipinski definition) is 16. The topological polar surface area (TPSA) is 500 Å². The largest absolute Gasteiger partial charge is 0.411 e. The van der Waals surface area contributed by atoms with Crippen molar-refractivity contribution < 1.29 is 82.1 Å². The molecule has 0 aliphatic heterocycles. The van der Waals surface area contributed by atoms with Gasteiger partial charge in [0, 0.05) is 71.5 Å². The third-order valence-corrected chi connectivity index (χ3v) is 14.3. The summed E-state index contributed by atoms with van der Waals surface area (Å²) in [6.07, 6.45) is 6.02. The van der Waals surface area contributed by atoms with Gasteiger partial charge >= 0.3 is 0 Å². The molecule has 0 unspecified atom stereocenters. The van der Waals surface area contributed by atoms with Crippen molar-refractivity contribution in [3.8, 4) is 0 Å². The van der Waals surface area contributed by atoms with Crippen molar-refractivity contribution in [2.45, 2.75) is 214 Å². The van der Waals surface area contributed by atoms with Gasteiger partial charge in [0.05, 0.1) is 93.4 Å². The van der Waals surface area contributed by atoms with Crippen molar-refractivity contribution in [1.29, 1.82) is 0 Å². The molecule has 0 fully saturated rings. The fourth-order valence-electron chi connectivity index (χ4n) is 8.10. The Balaban J connectivity index is -0.0000141. The molecule has 33 nitrogen and oxygen atoms in total. The van der Waals surface area contributed by atoms with E-state index in [-0.39, 0.29) is 185 Å². The molecule has 97 heavy (non-hydrogen) atoms. The van der Waals surface area contributed by atoms with Crippen LogP contribution >= 0.6 is 0 Å². The lowest BCUT2D eigenvalue weighted by Gasteiger charge is -2.32. The van der Waals surface area contributed by atoms with E-state index in [1.54, 1.807) is 13.8 Å². The van der Waals surface area contributed by atoms with Crippen LogP contribution in [0, 0.1) is 0 Å². The van der Waals surface area contributed by atoms with E-state index in [0.717, 1.165) is 6.54 Å². The summed E-state index contributed by atoms with van der Waals surface area (Å²) in [4.78, 5) is 135. The third-order valence-electron chi connectivity index (χ3n) is 14.3. The zero-order chi connectivity index (χ0) is 73.9. The molecule has 0 aromatic heterocycles. The SMILES string of the molecule is CC(=O)CN[C@@H](CCCCNC(=O)COCCOCCNC(=O)COCCOCCNC(=O)CCCC(=O)NCCCC[C@H](NC(=O)CCCC(=O)NC(CNC(C)(C)/C(C)=N\O)CNC(C)(C)/C(C)=N\O)C(=O)NCCCC[C@H](NCC(C)=O)C(N)=O)C(N)=O.CCC.CCN. The number of nitrogens with two attached hydrogens (primary N) is 3. The lowest BCUT2D eigenvalue weighted by Crippen LogP contribution is -2.57. The monoisotopic (exact) mass is 1390 g/mol. The Morgan fingerprint density at radius 3 is 1.14 bits per heavy atom. The third kappa shape index (κ3) is 56.8. The number of rotatable bonds is 58. The molecule has 0 aliphatic carbocycles. The lowest BCUT2D eigenvalue weighted by molar-refractivity contribution is -0.129. The summed E-state index contributed by atoms with van der Waals surface area (Å²) < 4.78 is 21.5. The second-order valence-corrected chi connectivity index (χ2v) is 24.2. The molecule has 0 aromatic carbocycles. The van der Waals surface area contributed by atoms with Crippen molar-refractivity contribution in [3.05, 3.63) is 0 Å². The standard InChI is InChI=1S/C59H109N15O17.C3H8.C2H7N/c1-41(75)35-67-46(55(60)83)17-9-12-25-63-53(81)39-90-33-32-89-30-28-65-54(82)40-91-34-31-88-29-27-64-50(78)21-15-20-49(77)62-24-13-11-19-48(57(85)66-26-14-10-18-47(56(61)84)68-36-42(2)76)72-52(80)23-16-22-51(79)71-45(37-69-58(5,6)43(3)73-86)38-70-59(7,8)44(4)74-87;1-3-2;1-2-3/h45-48,67-70,86-87H,9-40H2,1-8H3,(H2,60,83)(H2,61,84)(H,62,77)(H,63,81)(H,64,78)(H,65,82)(H,66,85)(H,71,79)(H,72,80);3H2,1-2H3;2-3H2,1H3/b73-43-,74-44-;;/t46-,47-,48-;;/m0../s1. The predicted octanol–water partition coefficient (Wildman–Crippen LogP) is -0.662. The molecule has 0 bridgehead atoms. The number of primary amides is 2. The molecule has 0 spiro atoms. The Morgan fingerprint density at radius 1 is 0.433 bits per heavy atom. The van der Waals surface area contributed by atoms with Crippen LogP contribution in [0.5, 0.6) is 0 Å². The van der Waals surface area contributed by atoms with Crippen LogP contribution in [0.2, 0.25) is 0 Å². The Kier molecular flexibility index (Phi) is 58.7. The lowest BCUT2D eigenvalue weighted by atomic mass is 9.98. The van der Waals surface area contributed by atoms with Gasteiger partial charge in [-0.05, 0) is 133 Å². The summed E-state index contributed by atoms with van der Waals surface area (Å²) in [7, 11) is 0. The summed E-state index contributed by atoms with van der Waals surface area (Å²) in [5, 5.41) is 57.0. The Morgan fingerprint density at radius 2 is 0.763 bits per heavy atom. The van der Waals surface area contributed by atoms with Crippen molar-refractivity contribution in [2.24, 2.45) is 27.5 Å². The van der Waals surface area contributed by atoms with Crippen molar-refractivity contribution in [2.75, 3.05) is 118 Å². The van der Waals surface area contributed by atoms with Crippen LogP contribution in [0.3, 0.4) is 0 Å². The number of hydrogen-bond acceptors (Lipinski definition) is 24. The summed E-state index contributed by atoms with van der Waals surface area (Å²) >= 11 is 0. The highest BCUT2D eigenvalue weighted by molar-refractivity contribution is 5.91. The highest BCUT2D eigenvalue weighted by Crippen LogP contribution is 2.10. The second kappa shape index (κ2) is 60.3. The van der Waals surface area contributed by atoms with Crippen molar-refractivity contribution in [1.82, 2.24) is 58.5 Å². The minimum atomic E-state index is -0.935. The van der Waals surface area contributed by atoms with E-state index in [0.29, 0.717) is 75.8 Å². The van der Waals surface area contributed by atoms with Gasteiger partial charge in [0.1, 0.15) is 30.8 Å². The minimum Gasteiger partial charge on any atom is -0.411 e. The number of nitrogens with zero attached hydrogens (tertiary/aromatic N) is 2. The van der Waals surface area contributed by atoms with E-state index in [9.17, 15) is 63.2 Å². The number of nitrogens with one attached hydrogen (secondary N) is 11. The molecule has 9 amide bonds. The van der Waals surface area contributed by atoms with E-state index in [2.05, 4.69) is 82.6 Å². The second-order valence-electron chi connectivity index (χ2n) is 24.2. The van der Waals surface area contributed by atoms with Crippen molar-refractivity contribution in [3.63, 3.8) is 0 Å². The first-order valence-electron chi connectivity index (χ1n) is 33.8. The summed E-state index contributed by atoms with van der Waals surface area (Å²) in [6, 6.07) is -2.73. The quantitative estimate of drug-likeness (QED) is 0.0155. The fraction of sp³-hybridized carbons (Fsp3) is 0.797. The number of carbonyl (C=O) groups excluding carboxylic acids is 11. The van der Waals surface area contributed by atoms with E-state index in [4.69, 9.17) is 36.1 Å². The van der Waals surface area contributed by atoms with Crippen LogP contribution in [-0.4, -0.2) is 240 Å². The van der Waals surface area contributed by atoms with E-state index in [1.807, 2.05) is 34.6 Å². The Labute approximate surface area is 574 Å². The van der Waals surface area contributed by atoms with Crippen molar-refractivity contribution >= 4 is 76.2 Å². The van der Waals surface area contributed by atoms with Gasteiger partial charge in [-0.1, -0.05) is 37.5 Å². The molecule has 0 saturated carbocycles. The van der Waals surface area contributed by atoms with E-state index in [1.165, 1.54) is 20.3 Å². The number of ketones is 2. The molecule has 33 heteroatoms. The zero-order valence-corrected chi connectivity index (χ0v) is 60.0. The van der Waals surface area contributed by atoms with Gasteiger partial charge < -0.3 is 94.4 Å². The summed E-state index contributed by atoms with van der Waals surface area (Å²) in [5.41, 5.74) is 15.1. The number of unbranched alkanes of at least 4 members (excludes halogenated alkanes) is 3. The molecule has 3 atom stereocenters. The summed E-state index contributed by atoms with van der Waals surface area (Å²) in [6.45, 7) is 23.1. The molecule has 0 heterocycles. The van der Waals surface area contributed by atoms with Gasteiger partial charge in [-0.2, -0.15) is 0 Å². The fourth-order valence-corrected chi connectivity index (χ4v) is 8.10. The first-order chi connectivity index (χ1) is 46.0. The number of Topliss-reactive ketones (excluding diaryl/α,β-unsaturated/α-hetero) is 2. The van der Waals surface area contributed by atoms with Gasteiger partial charge in [0.2, 0.25) is 53.2 Å². The van der Waals surface area contributed by atoms with Crippen LogP contribution in [-0.2, 0) is 71.7 Å². The molecular formula is C64H124N16O17. The molecule has 0 rings (SSSR count). The van der Waals surface area contributed by atoms with E-state index < -0.39 is 58.9 Å². The van der Waals surface area contributed by atoms with Gasteiger partial charge in [-0.25, -0.2) is 0 Å². The summed E-state index contributed by atoms with van der Waals surface area (Å²) in [5.74, 6) is -3.76. The first kappa shape index (κ1) is 94.3. The molecule has 0 aromatic rings. The highest BCUT2D eigenvalue weighted by atomic mass is 16.5. The first-order valence-corrected chi connectivity index (χ1v) is 33.8. The minimum absolute atomic E-state index is 0.00535. The van der Waals surface area contributed by atoms with Crippen LogP contribution in [0.25, 0.3) is 0 Å². The molecule has 0 aliphatic rings. The van der Waals surface area contributed by atoms with Crippen LogP contribution in [0.4, 0.5) is 0 Å². The van der Waals surface area contributed by atoms with Crippen LogP contribution in [0.1, 0.15) is 179 Å². The smallest absolute Gasteiger partial charge is 0.246 e. The molecule has 562 valence electrons. The normalized spacial score (nSPS) is 12.5. The predicted molar refractivity (Wildman–Crippen MR) is 369 cm³/mol. The number of amides is 9. The molecular weight excluding hydrogens is 1260 g/mol. The Hall–Kier alpha value is -6.85. The van der Waals surface area contributed by atoms with Gasteiger partial charge in [-0.3, -0.25) is 63.4 Å². The van der Waals surface area contributed by atoms with Crippen LogP contribution < -0.4 is 75.7 Å². The average molecular weight is 1390 g/mol. The zero-order valence-electron chi connectivity index (χ0n) is 60.0. The van der Waals surface area contributed by atoms with E-state index >= 15 is 0 Å². The van der Waals surface area contributed by atoms with Crippen LogP contribution in [0.15, 0.2) is 10.3 Å². The number of ether oxygens (including phenoxy) is 4. The molecule has 0 radical (unpaired) electrons. The van der Waals surface area contributed by atoms with Gasteiger partial charge in [-0.15, -0.1) is 0 Å². The van der Waals surface area contributed by atoms with Gasteiger partial charge in [0.25, 0.3) is 0 Å². The van der Waals surface area contributed by atoms with Gasteiger partial charge in [0.15, 0.2) is 0 Å². The molecule has 0 saturated heterocycles. The maximum atomic E-state index is 13.5. The highest BCUT2D eigenvalue weighted by Gasteiger charge is 2.28. The number of oxime groups is 2. The Bertz CT molecular complexity index is 2280. The maximum Gasteiger partial charge on any atom is 0.246 e. The maximum absolute atomic E-state index is 13.5. The average Bonchev–Trinajstić information content (AvgIpc) is 1.37. The number of carbonyl (C=O) groups is 11. The molecule has 19 N–H and O–H groups in total.